The highest BCUT2D eigenvalue weighted by atomic mass is 79.9. The molecule has 0 fully saturated rings. The van der Waals surface area contributed by atoms with E-state index in [2.05, 4.69) is 21.0 Å². The summed E-state index contributed by atoms with van der Waals surface area (Å²) >= 11 is 10.8. The summed E-state index contributed by atoms with van der Waals surface area (Å²) in [5.41, 5.74) is 2.72. The highest BCUT2D eigenvalue weighted by Crippen LogP contribution is 2.23. The lowest BCUT2D eigenvalue weighted by molar-refractivity contribution is 0.0476. The summed E-state index contributed by atoms with van der Waals surface area (Å²) in [5, 5.41) is 4.99. The molecule has 3 rings (SSSR count). The van der Waals surface area contributed by atoms with Gasteiger partial charge in [0.05, 0.1) is 36.3 Å². The van der Waals surface area contributed by atoms with Crippen LogP contribution >= 0.6 is 38.9 Å². The van der Waals surface area contributed by atoms with E-state index in [0.717, 1.165) is 20.9 Å². The molecule has 0 amide bonds. The number of carbonyl (C=O) groups is 2. The topological polar surface area (TPSA) is 61.2 Å². The first kappa shape index (κ1) is 18.8. The number of carbonyl (C=O) groups excluding carboxylic acids is 2. The largest absolute Gasteiger partial charge is 0.454 e. The summed E-state index contributed by atoms with van der Waals surface area (Å²) in [6, 6.07) is 10.3. The third-order valence-electron chi connectivity index (χ3n) is 3.73. The van der Waals surface area contributed by atoms with E-state index >= 15 is 0 Å². The van der Waals surface area contributed by atoms with Gasteiger partial charge in [0, 0.05) is 0 Å². The molecule has 26 heavy (non-hydrogen) atoms. The minimum absolute atomic E-state index is 0.233. The van der Waals surface area contributed by atoms with E-state index in [9.17, 15) is 9.59 Å². The molecule has 0 radical (unpaired) electrons. The Kier molecular flexibility index (Phi) is 5.60. The van der Waals surface area contributed by atoms with E-state index in [-0.39, 0.29) is 12.4 Å². The van der Waals surface area contributed by atoms with Gasteiger partial charge in [-0.3, -0.25) is 4.79 Å². The van der Waals surface area contributed by atoms with E-state index in [1.807, 2.05) is 13.8 Å². The standard InChI is InChI=1S/C18H14BrClN2O3S/c1-10-17(20)11(2)22(21-10)13-5-3-12(4-6-13)18(24)25-9-14(23)15-7-8-16(19)26-15/h3-8H,9H2,1-2H3. The maximum Gasteiger partial charge on any atom is 0.338 e. The molecule has 0 atom stereocenters. The molecular weight excluding hydrogens is 440 g/mol. The second-order valence-electron chi connectivity index (χ2n) is 5.55. The smallest absolute Gasteiger partial charge is 0.338 e. The van der Waals surface area contributed by atoms with Crippen LogP contribution in [-0.4, -0.2) is 28.1 Å². The summed E-state index contributed by atoms with van der Waals surface area (Å²) in [7, 11) is 0. The zero-order valence-corrected chi connectivity index (χ0v) is 17.1. The van der Waals surface area contributed by atoms with Gasteiger partial charge in [-0.15, -0.1) is 11.3 Å². The number of thiophene rings is 1. The highest BCUT2D eigenvalue weighted by Gasteiger charge is 2.15. The number of rotatable bonds is 5. The average Bonchev–Trinajstić information content (AvgIpc) is 3.18. The quantitative estimate of drug-likeness (QED) is 0.402. The summed E-state index contributed by atoms with van der Waals surface area (Å²) in [4.78, 5) is 24.7. The summed E-state index contributed by atoms with van der Waals surface area (Å²) in [6.45, 7) is 3.42. The van der Waals surface area contributed by atoms with Gasteiger partial charge in [-0.1, -0.05) is 11.6 Å². The summed E-state index contributed by atoms with van der Waals surface area (Å²) in [6.07, 6.45) is 0. The molecular formula is C18H14BrClN2O3S. The molecule has 3 aromatic rings. The average molecular weight is 454 g/mol. The Balaban J connectivity index is 1.67. The number of ketones is 1. The number of nitrogens with zero attached hydrogens (tertiary/aromatic N) is 2. The van der Waals surface area contributed by atoms with Gasteiger partial charge in [-0.25, -0.2) is 9.48 Å². The van der Waals surface area contributed by atoms with Crippen molar-refractivity contribution < 1.29 is 14.3 Å². The normalized spacial score (nSPS) is 10.8. The molecule has 0 spiro atoms. The number of hydrogen-bond donors (Lipinski definition) is 0. The molecule has 0 unspecified atom stereocenters. The first-order valence-electron chi connectivity index (χ1n) is 7.64. The molecule has 0 saturated carbocycles. The van der Waals surface area contributed by atoms with E-state index in [1.54, 1.807) is 41.1 Å². The van der Waals surface area contributed by atoms with Crippen molar-refractivity contribution in [3.8, 4) is 5.69 Å². The van der Waals surface area contributed by atoms with E-state index in [0.29, 0.717) is 15.5 Å². The Hall–Kier alpha value is -1.96. The number of halogens is 2. The van der Waals surface area contributed by atoms with Crippen LogP contribution < -0.4 is 0 Å². The van der Waals surface area contributed by atoms with Crippen molar-refractivity contribution in [1.82, 2.24) is 9.78 Å². The fourth-order valence-electron chi connectivity index (χ4n) is 2.36. The van der Waals surface area contributed by atoms with E-state index < -0.39 is 5.97 Å². The third-order valence-corrected chi connectivity index (χ3v) is 5.94. The second-order valence-corrected chi connectivity index (χ2v) is 8.39. The van der Waals surface area contributed by atoms with Gasteiger partial charge in [0.2, 0.25) is 5.78 Å². The Morgan fingerprint density at radius 2 is 1.88 bits per heavy atom. The number of ether oxygens (including phenoxy) is 1. The number of aryl methyl sites for hydroxylation is 1. The molecule has 0 saturated heterocycles. The van der Waals surface area contributed by atoms with Crippen LogP contribution in [0.4, 0.5) is 0 Å². The Morgan fingerprint density at radius 3 is 2.42 bits per heavy atom. The molecule has 0 bridgehead atoms. The molecule has 0 aliphatic heterocycles. The summed E-state index contributed by atoms with van der Waals surface area (Å²) < 4.78 is 7.67. The maximum absolute atomic E-state index is 12.1. The first-order valence-corrected chi connectivity index (χ1v) is 9.63. The van der Waals surface area contributed by atoms with Crippen LogP contribution in [-0.2, 0) is 4.74 Å². The minimum Gasteiger partial charge on any atom is -0.454 e. The molecule has 5 nitrogen and oxygen atoms in total. The zero-order chi connectivity index (χ0) is 18.8. The van der Waals surface area contributed by atoms with Crippen LogP contribution in [0.5, 0.6) is 0 Å². The summed E-state index contributed by atoms with van der Waals surface area (Å²) in [5.74, 6) is -0.783. The van der Waals surface area contributed by atoms with Gasteiger partial charge in [-0.05, 0) is 66.2 Å². The van der Waals surface area contributed by atoms with Gasteiger partial charge in [0.25, 0.3) is 0 Å². The van der Waals surface area contributed by atoms with Crippen molar-refractivity contribution in [1.29, 1.82) is 0 Å². The van der Waals surface area contributed by atoms with Crippen molar-refractivity contribution in [3.05, 3.63) is 67.0 Å². The number of Topliss-reactive ketones (excluding diaryl/α,β-unsaturated/α-hetero) is 1. The Labute approximate surface area is 167 Å². The van der Waals surface area contributed by atoms with Crippen molar-refractivity contribution in [2.24, 2.45) is 0 Å². The van der Waals surface area contributed by atoms with Crippen LogP contribution in [0.15, 0.2) is 40.2 Å². The fourth-order valence-corrected chi connectivity index (χ4v) is 3.79. The van der Waals surface area contributed by atoms with Crippen LogP contribution in [0, 0.1) is 13.8 Å². The molecule has 8 heteroatoms. The van der Waals surface area contributed by atoms with Crippen molar-refractivity contribution >= 4 is 50.6 Å². The Bertz CT molecular complexity index is 979. The lowest BCUT2D eigenvalue weighted by Crippen LogP contribution is -2.13. The fraction of sp³-hybridized carbons (Fsp3) is 0.167. The molecule has 2 aromatic heterocycles. The SMILES string of the molecule is Cc1nn(-c2ccc(C(=O)OCC(=O)c3ccc(Br)s3)cc2)c(C)c1Cl. The molecule has 1 aromatic carbocycles. The van der Waals surface area contributed by atoms with Crippen LogP contribution in [0.1, 0.15) is 31.4 Å². The predicted molar refractivity (Wildman–Crippen MR) is 105 cm³/mol. The molecule has 2 heterocycles. The molecule has 0 aliphatic rings. The van der Waals surface area contributed by atoms with Crippen LogP contribution in [0.25, 0.3) is 5.69 Å². The Morgan fingerprint density at radius 1 is 1.19 bits per heavy atom. The predicted octanol–water partition coefficient (Wildman–Crippen LogP) is 5.01. The first-order chi connectivity index (χ1) is 12.4. The van der Waals surface area contributed by atoms with Crippen molar-refractivity contribution in [2.45, 2.75) is 13.8 Å². The number of benzene rings is 1. The van der Waals surface area contributed by atoms with Crippen molar-refractivity contribution in [2.75, 3.05) is 6.61 Å². The minimum atomic E-state index is -0.549. The molecule has 134 valence electrons. The molecule has 0 aliphatic carbocycles. The maximum atomic E-state index is 12.1. The zero-order valence-electron chi connectivity index (χ0n) is 14.0. The number of hydrogen-bond acceptors (Lipinski definition) is 5. The number of esters is 1. The van der Waals surface area contributed by atoms with E-state index in [1.165, 1.54) is 11.3 Å². The lowest BCUT2D eigenvalue weighted by atomic mass is 10.2. The van der Waals surface area contributed by atoms with Crippen LogP contribution in [0.3, 0.4) is 0 Å². The van der Waals surface area contributed by atoms with Gasteiger partial charge < -0.3 is 4.74 Å². The van der Waals surface area contributed by atoms with Crippen molar-refractivity contribution in [3.63, 3.8) is 0 Å². The van der Waals surface area contributed by atoms with Gasteiger partial charge in [-0.2, -0.15) is 5.10 Å². The number of aromatic nitrogens is 2. The monoisotopic (exact) mass is 452 g/mol. The second kappa shape index (κ2) is 7.73. The van der Waals surface area contributed by atoms with Gasteiger partial charge in [0.1, 0.15) is 0 Å². The highest BCUT2D eigenvalue weighted by molar-refractivity contribution is 9.11. The lowest BCUT2D eigenvalue weighted by Gasteiger charge is -2.06. The third kappa shape index (κ3) is 3.90. The van der Waals surface area contributed by atoms with Crippen LogP contribution in [0.2, 0.25) is 5.02 Å². The van der Waals surface area contributed by atoms with Gasteiger partial charge in [0.15, 0.2) is 6.61 Å². The molecule has 0 N–H and O–H groups in total. The van der Waals surface area contributed by atoms with Gasteiger partial charge >= 0.3 is 5.97 Å². The van der Waals surface area contributed by atoms with E-state index in [4.69, 9.17) is 16.3 Å².